The summed E-state index contributed by atoms with van der Waals surface area (Å²) >= 11 is 1.75. The average Bonchev–Trinajstić information content (AvgIpc) is 3.37. The molecular formula is C20H34IN5OS. The van der Waals surface area contributed by atoms with Crippen LogP contribution in [0.4, 0.5) is 0 Å². The molecule has 2 saturated heterocycles. The van der Waals surface area contributed by atoms with E-state index in [0.717, 1.165) is 19.0 Å². The molecule has 0 aliphatic carbocycles. The van der Waals surface area contributed by atoms with Crippen LogP contribution in [0.15, 0.2) is 22.5 Å². The van der Waals surface area contributed by atoms with Crippen molar-refractivity contribution in [1.29, 1.82) is 0 Å². The van der Waals surface area contributed by atoms with Gasteiger partial charge in [-0.15, -0.1) is 35.3 Å². The van der Waals surface area contributed by atoms with Crippen molar-refractivity contribution in [2.45, 2.75) is 44.7 Å². The number of nitrogens with one attached hydrogen (secondary N) is 1. The van der Waals surface area contributed by atoms with Gasteiger partial charge in [0.15, 0.2) is 5.96 Å². The molecule has 6 nitrogen and oxygen atoms in total. The average molecular weight is 519 g/mol. The number of carbonyl (C=O) groups excluding carboxylic acids is 1. The Balaban J connectivity index is 0.00000280. The van der Waals surface area contributed by atoms with Gasteiger partial charge in [0.1, 0.15) is 6.54 Å². The Morgan fingerprint density at radius 3 is 2.71 bits per heavy atom. The Kier molecular flexibility index (Phi) is 9.49. The molecule has 2 atom stereocenters. The number of likely N-dealkylation sites (N-methyl/N-ethyl adjacent to an activating group) is 1. The lowest BCUT2D eigenvalue weighted by molar-refractivity contribution is -0.127. The van der Waals surface area contributed by atoms with Crippen molar-refractivity contribution in [2.24, 2.45) is 4.99 Å². The van der Waals surface area contributed by atoms with Gasteiger partial charge in [0.2, 0.25) is 5.91 Å². The van der Waals surface area contributed by atoms with Gasteiger partial charge in [0, 0.05) is 38.1 Å². The molecule has 3 heterocycles. The maximum atomic E-state index is 12.1. The third kappa shape index (κ3) is 6.32. The van der Waals surface area contributed by atoms with Gasteiger partial charge in [-0.05, 0) is 50.7 Å². The van der Waals surface area contributed by atoms with Crippen molar-refractivity contribution in [3.63, 3.8) is 0 Å². The van der Waals surface area contributed by atoms with Crippen molar-refractivity contribution >= 4 is 47.2 Å². The smallest absolute Gasteiger partial charge is 0.243 e. The first-order chi connectivity index (χ1) is 13.0. The summed E-state index contributed by atoms with van der Waals surface area (Å²) in [5.74, 6) is 0.899. The zero-order valence-corrected chi connectivity index (χ0v) is 20.4. The highest BCUT2D eigenvalue weighted by molar-refractivity contribution is 14.0. The minimum atomic E-state index is 0. The van der Waals surface area contributed by atoms with Crippen LogP contribution in [0.5, 0.6) is 0 Å². The second-order valence-corrected chi connectivity index (χ2v) is 8.77. The molecule has 3 rings (SSSR count). The van der Waals surface area contributed by atoms with Crippen molar-refractivity contribution in [1.82, 2.24) is 20.0 Å². The number of thiophene rings is 1. The second kappa shape index (κ2) is 11.3. The van der Waals surface area contributed by atoms with Gasteiger partial charge >= 0.3 is 0 Å². The summed E-state index contributed by atoms with van der Waals surface area (Å²) in [4.78, 5) is 24.6. The first-order valence-corrected chi connectivity index (χ1v) is 11.0. The summed E-state index contributed by atoms with van der Waals surface area (Å²) in [7, 11) is 3.56. The Morgan fingerprint density at radius 1 is 1.32 bits per heavy atom. The summed E-state index contributed by atoms with van der Waals surface area (Å²) in [6.07, 6.45) is 5.19. The van der Waals surface area contributed by atoms with Crippen LogP contribution in [0.25, 0.3) is 0 Å². The fourth-order valence-electron chi connectivity index (χ4n) is 3.84. The summed E-state index contributed by atoms with van der Waals surface area (Å²) in [5, 5.41) is 5.68. The second-order valence-electron chi connectivity index (χ2n) is 7.79. The van der Waals surface area contributed by atoms with E-state index in [9.17, 15) is 4.79 Å². The molecule has 0 saturated carbocycles. The number of rotatable bonds is 5. The normalized spacial score (nSPS) is 21.9. The van der Waals surface area contributed by atoms with Crippen LogP contribution in [0, 0.1) is 0 Å². The van der Waals surface area contributed by atoms with Crippen LogP contribution in [0.3, 0.4) is 0 Å². The molecule has 2 unspecified atom stereocenters. The molecule has 0 bridgehead atoms. The van der Waals surface area contributed by atoms with E-state index in [0.29, 0.717) is 6.04 Å². The van der Waals surface area contributed by atoms with E-state index < -0.39 is 0 Å². The molecule has 8 heteroatoms. The maximum absolute atomic E-state index is 12.1. The SMILES string of the molecule is CC(NC(=NCC(=O)N(C)C)N1CCC(N2CCCCC2)C1)c1cccs1.I. The van der Waals surface area contributed by atoms with E-state index >= 15 is 0 Å². The fourth-order valence-corrected chi connectivity index (χ4v) is 4.57. The minimum absolute atomic E-state index is 0. The highest BCUT2D eigenvalue weighted by Crippen LogP contribution is 2.22. The molecule has 1 aromatic rings. The number of halogens is 1. The van der Waals surface area contributed by atoms with Gasteiger partial charge in [-0.1, -0.05) is 12.5 Å². The highest BCUT2D eigenvalue weighted by atomic mass is 127. The molecule has 1 aromatic heterocycles. The number of amides is 1. The number of hydrogen-bond acceptors (Lipinski definition) is 4. The molecule has 0 radical (unpaired) electrons. The first kappa shape index (κ1) is 23.4. The van der Waals surface area contributed by atoms with E-state index in [1.165, 1.54) is 43.6 Å². The minimum Gasteiger partial charge on any atom is -0.349 e. The third-order valence-corrected chi connectivity index (χ3v) is 6.60. The van der Waals surface area contributed by atoms with Gasteiger partial charge < -0.3 is 15.1 Å². The Hall–Kier alpha value is -0.870. The van der Waals surface area contributed by atoms with Gasteiger partial charge in [-0.25, -0.2) is 4.99 Å². The summed E-state index contributed by atoms with van der Waals surface area (Å²) in [6.45, 7) is 6.80. The number of piperidine rings is 1. The van der Waals surface area contributed by atoms with E-state index in [2.05, 4.69) is 44.5 Å². The van der Waals surface area contributed by atoms with Crippen molar-refractivity contribution in [2.75, 3.05) is 46.8 Å². The number of carbonyl (C=O) groups is 1. The topological polar surface area (TPSA) is 51.2 Å². The predicted octanol–water partition coefficient (Wildman–Crippen LogP) is 3.02. The molecular weight excluding hydrogens is 485 g/mol. The largest absolute Gasteiger partial charge is 0.349 e. The molecule has 0 spiro atoms. The monoisotopic (exact) mass is 519 g/mol. The lowest BCUT2D eigenvalue weighted by Crippen LogP contribution is -2.45. The van der Waals surface area contributed by atoms with Crippen LogP contribution in [0.2, 0.25) is 0 Å². The first-order valence-electron chi connectivity index (χ1n) is 10.1. The van der Waals surface area contributed by atoms with Gasteiger partial charge in [-0.3, -0.25) is 9.69 Å². The van der Waals surface area contributed by atoms with Crippen molar-refractivity contribution < 1.29 is 4.79 Å². The number of hydrogen-bond donors (Lipinski definition) is 1. The third-order valence-electron chi connectivity index (χ3n) is 5.55. The predicted molar refractivity (Wildman–Crippen MR) is 128 cm³/mol. The van der Waals surface area contributed by atoms with E-state index in [1.807, 2.05) is 0 Å². The van der Waals surface area contributed by atoms with Crippen LogP contribution in [-0.4, -0.2) is 79.4 Å². The number of aliphatic imine (C=N–C) groups is 1. The number of likely N-dealkylation sites (tertiary alicyclic amines) is 2. The molecule has 1 N–H and O–H groups in total. The molecule has 0 aromatic carbocycles. The molecule has 158 valence electrons. The Labute approximate surface area is 190 Å². The van der Waals surface area contributed by atoms with Crippen LogP contribution < -0.4 is 5.32 Å². The van der Waals surface area contributed by atoms with E-state index in [4.69, 9.17) is 0 Å². The molecule has 2 fully saturated rings. The molecule has 28 heavy (non-hydrogen) atoms. The van der Waals surface area contributed by atoms with Crippen molar-refractivity contribution in [3.05, 3.63) is 22.4 Å². The summed E-state index contributed by atoms with van der Waals surface area (Å²) in [6, 6.07) is 5.02. The molecule has 1 amide bonds. The lowest BCUT2D eigenvalue weighted by atomic mass is 10.1. The van der Waals surface area contributed by atoms with Crippen molar-refractivity contribution in [3.8, 4) is 0 Å². The Morgan fingerprint density at radius 2 is 2.07 bits per heavy atom. The van der Waals surface area contributed by atoms with Crippen LogP contribution in [-0.2, 0) is 4.79 Å². The van der Waals surface area contributed by atoms with Gasteiger partial charge in [0.05, 0.1) is 6.04 Å². The standard InChI is InChI=1S/C20H33N5OS.HI/c1-16(18-8-7-13-27-18)22-20(21-14-19(26)23(2)3)25-12-9-17(15-25)24-10-5-4-6-11-24;/h7-8,13,16-17H,4-6,9-12,14-15H2,1-3H3,(H,21,22);1H. The number of nitrogens with zero attached hydrogens (tertiary/aromatic N) is 4. The number of guanidine groups is 1. The fraction of sp³-hybridized carbons (Fsp3) is 0.700. The zero-order chi connectivity index (χ0) is 19.2. The maximum Gasteiger partial charge on any atom is 0.243 e. The van der Waals surface area contributed by atoms with Crippen LogP contribution in [0.1, 0.15) is 43.5 Å². The lowest BCUT2D eigenvalue weighted by Gasteiger charge is -2.32. The Bertz CT molecular complexity index is 631. The molecule has 2 aliphatic heterocycles. The molecule has 2 aliphatic rings. The van der Waals surface area contributed by atoms with Gasteiger partial charge in [0.25, 0.3) is 0 Å². The quantitative estimate of drug-likeness (QED) is 0.369. The summed E-state index contributed by atoms with van der Waals surface area (Å²) in [5.41, 5.74) is 0. The summed E-state index contributed by atoms with van der Waals surface area (Å²) < 4.78 is 0. The zero-order valence-electron chi connectivity index (χ0n) is 17.3. The van der Waals surface area contributed by atoms with E-state index in [1.54, 1.807) is 30.3 Å². The van der Waals surface area contributed by atoms with E-state index in [-0.39, 0.29) is 42.5 Å². The highest BCUT2D eigenvalue weighted by Gasteiger charge is 2.30. The van der Waals surface area contributed by atoms with Crippen LogP contribution >= 0.6 is 35.3 Å². The van der Waals surface area contributed by atoms with Gasteiger partial charge in [-0.2, -0.15) is 0 Å².